The van der Waals surface area contributed by atoms with Crippen LogP contribution in [-0.4, -0.2) is 54.2 Å². The van der Waals surface area contributed by atoms with Gasteiger partial charge in [0.25, 0.3) is 0 Å². The first kappa shape index (κ1) is 18.4. The maximum Gasteiger partial charge on any atom is 0.409 e. The Morgan fingerprint density at radius 2 is 1.93 bits per heavy atom. The van der Waals surface area contributed by atoms with Crippen LogP contribution in [0.5, 0.6) is 0 Å². The minimum absolute atomic E-state index is 0.187. The highest BCUT2D eigenvalue weighted by Crippen LogP contribution is 2.48. The first-order valence-corrected chi connectivity index (χ1v) is 10.5. The number of likely N-dealkylation sites (tertiary alicyclic amines) is 2. The van der Waals surface area contributed by atoms with Crippen LogP contribution >= 0.6 is 0 Å². The summed E-state index contributed by atoms with van der Waals surface area (Å²) >= 11 is 0. The highest BCUT2D eigenvalue weighted by atomic mass is 16.5. The van der Waals surface area contributed by atoms with E-state index in [2.05, 4.69) is 28.1 Å². The molecule has 29 heavy (non-hydrogen) atoms. The summed E-state index contributed by atoms with van der Waals surface area (Å²) in [5, 5.41) is 0. The standard InChI is InChI=1S/C23H28N4O2/c1-29-22(28)26-10-8-23(9-11-26)14-27(15-23)20-6-3-17-12-16(2-5-19(17)20)18-4-7-21(24)25-13-18/h2,4-5,7,12-13,20H,3,6,8-11,14-15H2,1H3,(H2,24,25)/t20-/m1/s1. The Morgan fingerprint density at radius 1 is 1.17 bits per heavy atom. The molecule has 3 aliphatic rings. The summed E-state index contributed by atoms with van der Waals surface area (Å²) in [5.74, 6) is 0.555. The number of piperidine rings is 1. The van der Waals surface area contributed by atoms with Crippen molar-refractivity contribution in [1.82, 2.24) is 14.8 Å². The molecule has 1 aliphatic carbocycles. The van der Waals surface area contributed by atoms with E-state index in [1.165, 1.54) is 30.2 Å². The van der Waals surface area contributed by atoms with Crippen molar-refractivity contribution in [1.29, 1.82) is 0 Å². The molecule has 0 radical (unpaired) electrons. The second-order valence-corrected chi connectivity index (χ2v) is 8.80. The zero-order valence-electron chi connectivity index (χ0n) is 16.9. The number of aryl methyl sites for hydroxylation is 1. The predicted molar refractivity (Wildman–Crippen MR) is 112 cm³/mol. The van der Waals surface area contributed by atoms with E-state index in [0.29, 0.717) is 17.3 Å². The third kappa shape index (κ3) is 3.25. The van der Waals surface area contributed by atoms with Crippen LogP contribution in [-0.2, 0) is 11.2 Å². The summed E-state index contributed by atoms with van der Waals surface area (Å²) in [6.07, 6.45) is 6.16. The fraction of sp³-hybridized carbons (Fsp3) is 0.478. The number of rotatable bonds is 2. The molecule has 0 saturated carbocycles. The summed E-state index contributed by atoms with van der Waals surface area (Å²) in [6.45, 7) is 3.94. The van der Waals surface area contributed by atoms with Crippen LogP contribution in [0, 0.1) is 5.41 Å². The van der Waals surface area contributed by atoms with Gasteiger partial charge < -0.3 is 15.4 Å². The Bertz CT molecular complexity index is 911. The number of benzene rings is 1. The molecule has 1 amide bonds. The van der Waals surface area contributed by atoms with Gasteiger partial charge in [0.2, 0.25) is 0 Å². The van der Waals surface area contributed by atoms with Crippen LogP contribution < -0.4 is 5.73 Å². The highest BCUT2D eigenvalue weighted by molar-refractivity contribution is 5.67. The largest absolute Gasteiger partial charge is 0.453 e. The van der Waals surface area contributed by atoms with Crippen molar-refractivity contribution in [3.63, 3.8) is 0 Å². The zero-order chi connectivity index (χ0) is 20.0. The van der Waals surface area contributed by atoms with Crippen molar-refractivity contribution < 1.29 is 9.53 Å². The van der Waals surface area contributed by atoms with Crippen molar-refractivity contribution in [2.45, 2.75) is 31.7 Å². The van der Waals surface area contributed by atoms with Gasteiger partial charge in [0.15, 0.2) is 0 Å². The van der Waals surface area contributed by atoms with Crippen LogP contribution in [0.4, 0.5) is 10.6 Å². The lowest BCUT2D eigenvalue weighted by molar-refractivity contribution is -0.0671. The quantitative estimate of drug-likeness (QED) is 0.847. The van der Waals surface area contributed by atoms with E-state index >= 15 is 0 Å². The number of pyridine rings is 1. The lowest BCUT2D eigenvalue weighted by atomic mass is 9.71. The van der Waals surface area contributed by atoms with Gasteiger partial charge in [0, 0.05) is 44.0 Å². The smallest absolute Gasteiger partial charge is 0.409 e. The second-order valence-electron chi connectivity index (χ2n) is 8.80. The van der Waals surface area contributed by atoms with E-state index in [1.54, 1.807) is 0 Å². The van der Waals surface area contributed by atoms with Gasteiger partial charge in [0.05, 0.1) is 7.11 Å². The van der Waals surface area contributed by atoms with E-state index in [9.17, 15) is 4.79 Å². The SMILES string of the molecule is COC(=O)N1CCC2(CC1)CN([C@@H]1CCc3cc(-c4ccc(N)nc4)ccc31)C2. The van der Waals surface area contributed by atoms with Gasteiger partial charge in [-0.25, -0.2) is 9.78 Å². The summed E-state index contributed by atoms with van der Waals surface area (Å²) in [5.41, 5.74) is 11.4. The number of carbonyl (C=O) groups excluding carboxylic acids is 1. The molecule has 2 aliphatic heterocycles. The number of anilines is 1. The topological polar surface area (TPSA) is 71.7 Å². The van der Waals surface area contributed by atoms with Crippen molar-refractivity contribution in [2.24, 2.45) is 5.41 Å². The third-order valence-electron chi connectivity index (χ3n) is 7.08. The van der Waals surface area contributed by atoms with Gasteiger partial charge in [-0.2, -0.15) is 0 Å². The minimum atomic E-state index is -0.187. The Labute approximate surface area is 171 Å². The fourth-order valence-corrected chi connectivity index (χ4v) is 5.37. The molecule has 1 atom stereocenters. The highest BCUT2D eigenvalue weighted by Gasteiger charge is 2.48. The van der Waals surface area contributed by atoms with Gasteiger partial charge in [-0.15, -0.1) is 0 Å². The number of fused-ring (bicyclic) bond motifs is 1. The van der Waals surface area contributed by atoms with E-state index in [0.717, 1.165) is 51.0 Å². The van der Waals surface area contributed by atoms with Crippen LogP contribution in [0.15, 0.2) is 36.5 Å². The van der Waals surface area contributed by atoms with Crippen LogP contribution in [0.2, 0.25) is 0 Å². The lowest BCUT2D eigenvalue weighted by Gasteiger charge is -2.56. The fourth-order valence-electron chi connectivity index (χ4n) is 5.37. The molecule has 1 spiro atoms. The molecule has 1 aromatic carbocycles. The molecular weight excluding hydrogens is 364 g/mol. The van der Waals surface area contributed by atoms with Crippen molar-refractivity contribution in [3.8, 4) is 11.1 Å². The first-order valence-electron chi connectivity index (χ1n) is 10.5. The second kappa shape index (κ2) is 7.02. The van der Waals surface area contributed by atoms with Crippen LogP contribution in [0.25, 0.3) is 11.1 Å². The maximum atomic E-state index is 11.7. The number of amides is 1. The molecule has 6 nitrogen and oxygen atoms in total. The molecule has 2 fully saturated rings. The Morgan fingerprint density at radius 3 is 2.62 bits per heavy atom. The number of hydrogen-bond donors (Lipinski definition) is 1. The van der Waals surface area contributed by atoms with Crippen LogP contribution in [0.1, 0.15) is 36.4 Å². The molecule has 2 saturated heterocycles. The number of carbonyl (C=O) groups is 1. The molecule has 0 bridgehead atoms. The molecule has 2 N–H and O–H groups in total. The molecule has 152 valence electrons. The Balaban J connectivity index is 1.24. The lowest BCUT2D eigenvalue weighted by Crippen LogP contribution is -2.61. The monoisotopic (exact) mass is 392 g/mol. The summed E-state index contributed by atoms with van der Waals surface area (Å²) in [7, 11) is 1.46. The summed E-state index contributed by atoms with van der Waals surface area (Å²) in [4.78, 5) is 20.4. The number of ether oxygens (including phenoxy) is 1. The van der Waals surface area contributed by atoms with E-state index < -0.39 is 0 Å². The normalized spacial score (nSPS) is 22.9. The van der Waals surface area contributed by atoms with E-state index in [1.807, 2.05) is 23.2 Å². The molecule has 0 unspecified atom stereocenters. The van der Waals surface area contributed by atoms with Crippen LogP contribution in [0.3, 0.4) is 0 Å². The van der Waals surface area contributed by atoms with Gasteiger partial charge in [-0.05, 0) is 59.9 Å². The molecular formula is C23H28N4O2. The molecule has 5 rings (SSSR count). The van der Waals surface area contributed by atoms with Gasteiger partial charge in [0.1, 0.15) is 5.82 Å². The number of nitrogens with zero attached hydrogens (tertiary/aromatic N) is 3. The molecule has 3 heterocycles. The van der Waals surface area contributed by atoms with Gasteiger partial charge in [-0.3, -0.25) is 4.90 Å². The average molecular weight is 393 g/mol. The molecule has 6 heteroatoms. The zero-order valence-corrected chi connectivity index (χ0v) is 16.9. The maximum absolute atomic E-state index is 11.7. The van der Waals surface area contributed by atoms with Gasteiger partial charge in [-0.1, -0.05) is 18.2 Å². The predicted octanol–water partition coefficient (Wildman–Crippen LogP) is 3.48. The molecule has 1 aromatic heterocycles. The summed E-state index contributed by atoms with van der Waals surface area (Å²) < 4.78 is 4.86. The molecule has 2 aromatic rings. The van der Waals surface area contributed by atoms with Crippen molar-refractivity contribution in [3.05, 3.63) is 47.7 Å². The minimum Gasteiger partial charge on any atom is -0.453 e. The third-order valence-corrected chi connectivity index (χ3v) is 7.08. The summed E-state index contributed by atoms with van der Waals surface area (Å²) in [6, 6.07) is 11.3. The average Bonchev–Trinajstić information content (AvgIpc) is 3.15. The van der Waals surface area contributed by atoms with E-state index in [-0.39, 0.29) is 6.09 Å². The number of methoxy groups -OCH3 is 1. The Hall–Kier alpha value is -2.60. The number of nitrogen functional groups attached to an aromatic ring is 1. The number of nitrogens with two attached hydrogens (primary N) is 1. The number of hydrogen-bond acceptors (Lipinski definition) is 5. The van der Waals surface area contributed by atoms with Gasteiger partial charge >= 0.3 is 6.09 Å². The first-order chi connectivity index (χ1) is 14.1. The Kier molecular flexibility index (Phi) is 4.46. The number of aromatic nitrogens is 1. The van der Waals surface area contributed by atoms with Crippen molar-refractivity contribution in [2.75, 3.05) is 39.0 Å². The van der Waals surface area contributed by atoms with Crippen molar-refractivity contribution >= 4 is 11.9 Å². The van der Waals surface area contributed by atoms with E-state index in [4.69, 9.17) is 10.5 Å².